The number of halogens is 1. The van der Waals surface area contributed by atoms with Crippen molar-refractivity contribution in [2.75, 3.05) is 5.32 Å². The van der Waals surface area contributed by atoms with Crippen LogP contribution in [0.15, 0.2) is 18.2 Å². The van der Waals surface area contributed by atoms with Crippen LogP contribution in [0.4, 0.5) is 5.69 Å². The normalized spacial score (nSPS) is 16.3. The third kappa shape index (κ3) is 3.59. The van der Waals surface area contributed by atoms with E-state index in [-0.39, 0.29) is 0 Å². The van der Waals surface area contributed by atoms with Gasteiger partial charge < -0.3 is 10.6 Å². The molecule has 0 bridgehead atoms. The van der Waals surface area contributed by atoms with Gasteiger partial charge in [0.25, 0.3) is 0 Å². The summed E-state index contributed by atoms with van der Waals surface area (Å²) in [5, 5.41) is 8.09. The first-order valence-corrected chi connectivity index (χ1v) is 7.28. The Balaban J connectivity index is 1.92. The molecule has 0 spiro atoms. The van der Waals surface area contributed by atoms with E-state index in [2.05, 4.69) is 10.6 Å². The fraction of sp³-hybridized carbons (Fsp3) is 0.500. The van der Waals surface area contributed by atoms with Crippen LogP contribution < -0.4 is 10.6 Å². The van der Waals surface area contributed by atoms with Crippen LogP contribution in [-0.4, -0.2) is 11.2 Å². The van der Waals surface area contributed by atoms with Crippen LogP contribution in [0.1, 0.15) is 37.7 Å². The number of hydrogen-bond acceptors (Lipinski definition) is 1. The molecule has 1 aromatic carbocycles. The molecule has 18 heavy (non-hydrogen) atoms. The summed E-state index contributed by atoms with van der Waals surface area (Å²) in [6, 6.07) is 6.34. The first-order chi connectivity index (χ1) is 8.66. The summed E-state index contributed by atoms with van der Waals surface area (Å²) in [4.78, 5) is 0. The second-order valence-electron chi connectivity index (χ2n) is 4.85. The molecule has 1 saturated carbocycles. The summed E-state index contributed by atoms with van der Waals surface area (Å²) < 4.78 is 0. The van der Waals surface area contributed by atoms with E-state index in [1.54, 1.807) is 0 Å². The minimum atomic E-state index is 0.526. The van der Waals surface area contributed by atoms with Crippen molar-refractivity contribution in [1.82, 2.24) is 5.32 Å². The van der Waals surface area contributed by atoms with Crippen molar-refractivity contribution in [2.45, 2.75) is 45.1 Å². The second kappa shape index (κ2) is 6.39. The van der Waals surface area contributed by atoms with Crippen LogP contribution in [-0.2, 0) is 0 Å². The maximum atomic E-state index is 6.09. The molecular weight excluding hydrogens is 264 g/mol. The van der Waals surface area contributed by atoms with E-state index < -0.39 is 0 Å². The highest BCUT2D eigenvalue weighted by Gasteiger charge is 2.14. The maximum absolute atomic E-state index is 6.09. The molecule has 1 fully saturated rings. The summed E-state index contributed by atoms with van der Waals surface area (Å²) in [7, 11) is 0. The Hall–Kier alpha value is -0.800. The van der Waals surface area contributed by atoms with Gasteiger partial charge >= 0.3 is 0 Å². The van der Waals surface area contributed by atoms with Crippen LogP contribution in [0.25, 0.3) is 0 Å². The van der Waals surface area contributed by atoms with Gasteiger partial charge in [-0.2, -0.15) is 0 Å². The predicted molar refractivity (Wildman–Crippen MR) is 82.4 cm³/mol. The van der Waals surface area contributed by atoms with Gasteiger partial charge in [0, 0.05) is 16.8 Å². The molecule has 0 amide bonds. The number of thiocarbonyl (C=S) groups is 1. The molecule has 0 unspecified atom stereocenters. The SMILES string of the molecule is Cc1c(Cl)cccc1NC(=S)NC1CCCCC1. The highest BCUT2D eigenvalue weighted by Crippen LogP contribution is 2.23. The number of nitrogens with one attached hydrogen (secondary N) is 2. The van der Waals surface area contributed by atoms with Gasteiger partial charge in [-0.3, -0.25) is 0 Å². The monoisotopic (exact) mass is 282 g/mol. The molecule has 1 aromatic rings. The molecule has 0 radical (unpaired) electrons. The molecule has 0 aliphatic heterocycles. The van der Waals surface area contributed by atoms with Gasteiger partial charge in [-0.15, -0.1) is 0 Å². The zero-order valence-corrected chi connectivity index (χ0v) is 12.2. The number of benzene rings is 1. The lowest BCUT2D eigenvalue weighted by Gasteiger charge is -2.24. The Morgan fingerprint density at radius 3 is 2.72 bits per heavy atom. The van der Waals surface area contributed by atoms with Crippen molar-refractivity contribution in [3.05, 3.63) is 28.8 Å². The standard InChI is InChI=1S/C14H19ClN2S/c1-10-12(15)8-5-9-13(10)17-14(18)16-11-6-3-2-4-7-11/h5,8-9,11H,2-4,6-7H2,1H3,(H2,16,17,18). The second-order valence-corrected chi connectivity index (χ2v) is 5.66. The quantitative estimate of drug-likeness (QED) is 0.792. The van der Waals surface area contributed by atoms with Gasteiger partial charge in [0.2, 0.25) is 0 Å². The first-order valence-electron chi connectivity index (χ1n) is 6.49. The predicted octanol–water partition coefficient (Wildman–Crippen LogP) is 4.27. The largest absolute Gasteiger partial charge is 0.360 e. The summed E-state index contributed by atoms with van der Waals surface area (Å²) in [5.41, 5.74) is 2.02. The Morgan fingerprint density at radius 1 is 1.28 bits per heavy atom. The van der Waals surface area contributed by atoms with Gasteiger partial charge in [-0.05, 0) is 49.7 Å². The van der Waals surface area contributed by atoms with E-state index in [1.165, 1.54) is 32.1 Å². The molecule has 0 heterocycles. The van der Waals surface area contributed by atoms with Gasteiger partial charge in [-0.1, -0.05) is 36.9 Å². The van der Waals surface area contributed by atoms with Gasteiger partial charge in [0.05, 0.1) is 0 Å². The number of anilines is 1. The molecule has 2 rings (SSSR count). The van der Waals surface area contributed by atoms with Crippen LogP contribution >= 0.6 is 23.8 Å². The highest BCUT2D eigenvalue weighted by molar-refractivity contribution is 7.80. The molecule has 98 valence electrons. The van der Waals surface area contributed by atoms with Crippen molar-refractivity contribution in [1.29, 1.82) is 0 Å². The summed E-state index contributed by atoms with van der Waals surface area (Å²) in [5.74, 6) is 0. The minimum absolute atomic E-state index is 0.526. The molecule has 0 saturated heterocycles. The molecule has 4 heteroatoms. The lowest BCUT2D eigenvalue weighted by molar-refractivity contribution is 0.415. The van der Waals surface area contributed by atoms with Crippen molar-refractivity contribution < 1.29 is 0 Å². The van der Waals surface area contributed by atoms with Gasteiger partial charge in [0.15, 0.2) is 5.11 Å². The van der Waals surface area contributed by atoms with Crippen LogP contribution in [0, 0.1) is 6.92 Å². The summed E-state index contributed by atoms with van der Waals surface area (Å²) >= 11 is 11.4. The van der Waals surface area contributed by atoms with Crippen molar-refractivity contribution in [2.24, 2.45) is 0 Å². The smallest absolute Gasteiger partial charge is 0.171 e. The van der Waals surface area contributed by atoms with Crippen LogP contribution in [0.5, 0.6) is 0 Å². The molecule has 1 aliphatic carbocycles. The zero-order valence-electron chi connectivity index (χ0n) is 10.6. The highest BCUT2D eigenvalue weighted by atomic mass is 35.5. The van der Waals surface area contributed by atoms with E-state index in [0.717, 1.165) is 16.3 Å². The van der Waals surface area contributed by atoms with E-state index >= 15 is 0 Å². The van der Waals surface area contributed by atoms with Crippen molar-refractivity contribution >= 4 is 34.6 Å². The van der Waals surface area contributed by atoms with Gasteiger partial charge in [-0.25, -0.2) is 0 Å². The molecule has 0 atom stereocenters. The van der Waals surface area contributed by atoms with E-state index in [9.17, 15) is 0 Å². The molecule has 2 N–H and O–H groups in total. The molecule has 2 nitrogen and oxygen atoms in total. The van der Waals surface area contributed by atoms with Crippen LogP contribution in [0.3, 0.4) is 0 Å². The Labute approximate surface area is 119 Å². The van der Waals surface area contributed by atoms with Crippen molar-refractivity contribution in [3.63, 3.8) is 0 Å². The number of hydrogen-bond donors (Lipinski definition) is 2. The first kappa shape index (κ1) is 13.6. The number of rotatable bonds is 2. The average Bonchev–Trinajstić information content (AvgIpc) is 2.36. The minimum Gasteiger partial charge on any atom is -0.360 e. The Bertz CT molecular complexity index is 428. The lowest BCUT2D eigenvalue weighted by Crippen LogP contribution is -2.38. The van der Waals surface area contributed by atoms with Crippen LogP contribution in [0.2, 0.25) is 5.02 Å². The van der Waals surface area contributed by atoms with E-state index in [1.807, 2.05) is 25.1 Å². The molecule has 0 aromatic heterocycles. The lowest BCUT2D eigenvalue weighted by atomic mass is 9.96. The topological polar surface area (TPSA) is 24.1 Å². The van der Waals surface area contributed by atoms with E-state index in [0.29, 0.717) is 11.2 Å². The molecular formula is C14H19ClN2S. The van der Waals surface area contributed by atoms with Crippen molar-refractivity contribution in [3.8, 4) is 0 Å². The average molecular weight is 283 g/mol. The fourth-order valence-corrected chi connectivity index (χ4v) is 2.78. The zero-order chi connectivity index (χ0) is 13.0. The Kier molecular flexibility index (Phi) is 4.84. The summed E-state index contributed by atoms with van der Waals surface area (Å²) in [6.45, 7) is 1.99. The Morgan fingerprint density at radius 2 is 2.00 bits per heavy atom. The third-order valence-corrected chi connectivity index (χ3v) is 4.09. The summed E-state index contributed by atoms with van der Waals surface area (Å²) in [6.07, 6.45) is 6.39. The fourth-order valence-electron chi connectivity index (χ4n) is 2.33. The third-order valence-electron chi connectivity index (χ3n) is 3.46. The maximum Gasteiger partial charge on any atom is 0.171 e. The van der Waals surface area contributed by atoms with E-state index in [4.69, 9.17) is 23.8 Å². The van der Waals surface area contributed by atoms with Gasteiger partial charge in [0.1, 0.15) is 0 Å². The molecule has 1 aliphatic rings.